The summed E-state index contributed by atoms with van der Waals surface area (Å²) in [6.45, 7) is 7.38. The van der Waals surface area contributed by atoms with E-state index < -0.39 is 22.2 Å². The molecule has 4 nitrogen and oxygen atoms in total. The fourth-order valence-corrected chi connectivity index (χ4v) is 3.57. The largest absolute Gasteiger partial charge is 0.481 e. The molecule has 22 heavy (non-hydrogen) atoms. The summed E-state index contributed by atoms with van der Waals surface area (Å²) in [7, 11) is 0. The average Bonchev–Trinajstić information content (AvgIpc) is 2.64. The van der Waals surface area contributed by atoms with Crippen LogP contribution < -0.4 is 5.32 Å². The molecule has 0 bridgehead atoms. The fraction of sp³-hybridized carbons (Fsp3) is 0.529. The number of carbonyl (C=O) groups excluding carboxylic acids is 1. The molecule has 1 aromatic rings. The first kappa shape index (κ1) is 17.0. The van der Waals surface area contributed by atoms with Crippen molar-refractivity contribution in [3.63, 3.8) is 0 Å². The van der Waals surface area contributed by atoms with Crippen LogP contribution in [0, 0.1) is 16.2 Å². The Morgan fingerprint density at radius 3 is 2.00 bits per heavy atom. The van der Waals surface area contributed by atoms with E-state index in [1.165, 1.54) is 0 Å². The molecule has 0 heterocycles. The molecule has 1 aliphatic rings. The molecular weight excluding hydrogens is 346 g/mol. The molecule has 1 saturated carbocycles. The molecule has 0 saturated heterocycles. The van der Waals surface area contributed by atoms with Crippen molar-refractivity contribution in [1.29, 1.82) is 0 Å². The molecular formula is C17H22BrNO3. The molecule has 0 radical (unpaired) electrons. The monoisotopic (exact) mass is 367 g/mol. The summed E-state index contributed by atoms with van der Waals surface area (Å²) in [5, 5.41) is 12.5. The number of carbonyl (C=O) groups is 2. The first-order valence-electron chi connectivity index (χ1n) is 7.35. The maximum absolute atomic E-state index is 12.8. The highest BCUT2D eigenvalue weighted by molar-refractivity contribution is 9.10. The smallest absolute Gasteiger partial charge is 0.309 e. The number of carboxylic acids is 1. The van der Waals surface area contributed by atoms with E-state index in [9.17, 15) is 14.7 Å². The van der Waals surface area contributed by atoms with Gasteiger partial charge in [0.25, 0.3) is 0 Å². The molecule has 2 atom stereocenters. The minimum Gasteiger partial charge on any atom is -0.481 e. The average molecular weight is 368 g/mol. The van der Waals surface area contributed by atoms with Crippen LogP contribution in [0.2, 0.25) is 0 Å². The topological polar surface area (TPSA) is 66.4 Å². The van der Waals surface area contributed by atoms with Gasteiger partial charge in [-0.1, -0.05) is 36.7 Å². The second-order valence-electron chi connectivity index (χ2n) is 7.06. The molecule has 5 heteroatoms. The maximum atomic E-state index is 12.8. The summed E-state index contributed by atoms with van der Waals surface area (Å²) >= 11 is 3.36. The Bertz CT molecular complexity index is 611. The predicted octanol–water partition coefficient (Wildman–Crippen LogP) is 4.30. The van der Waals surface area contributed by atoms with Gasteiger partial charge in [0.05, 0.1) is 10.8 Å². The van der Waals surface area contributed by atoms with E-state index in [-0.39, 0.29) is 5.91 Å². The van der Waals surface area contributed by atoms with Crippen molar-refractivity contribution in [3.05, 3.63) is 28.7 Å². The lowest BCUT2D eigenvalue weighted by molar-refractivity contribution is -0.157. The summed E-state index contributed by atoms with van der Waals surface area (Å²) < 4.78 is 0.941. The van der Waals surface area contributed by atoms with Gasteiger partial charge in [-0.25, -0.2) is 0 Å². The van der Waals surface area contributed by atoms with Crippen molar-refractivity contribution in [2.75, 3.05) is 5.32 Å². The number of anilines is 1. The van der Waals surface area contributed by atoms with Crippen LogP contribution in [-0.2, 0) is 9.59 Å². The third-order valence-corrected chi connectivity index (χ3v) is 6.49. The zero-order valence-electron chi connectivity index (χ0n) is 13.4. The van der Waals surface area contributed by atoms with Crippen LogP contribution in [0.25, 0.3) is 0 Å². The van der Waals surface area contributed by atoms with Crippen LogP contribution in [0.3, 0.4) is 0 Å². The highest BCUT2D eigenvalue weighted by Gasteiger charge is 2.64. The molecule has 2 N–H and O–H groups in total. The molecule has 120 valence electrons. The van der Waals surface area contributed by atoms with Crippen molar-refractivity contribution in [3.8, 4) is 0 Å². The van der Waals surface area contributed by atoms with E-state index in [1.54, 1.807) is 6.92 Å². The van der Waals surface area contributed by atoms with Gasteiger partial charge in [0.1, 0.15) is 0 Å². The van der Waals surface area contributed by atoms with E-state index in [4.69, 9.17) is 0 Å². The van der Waals surface area contributed by atoms with Gasteiger partial charge in [0, 0.05) is 10.2 Å². The Hall–Kier alpha value is -1.36. The molecule has 0 spiro atoms. The Morgan fingerprint density at radius 1 is 1.05 bits per heavy atom. The van der Waals surface area contributed by atoms with Crippen molar-refractivity contribution in [2.24, 2.45) is 16.2 Å². The summed E-state index contributed by atoms with van der Waals surface area (Å²) in [4.78, 5) is 24.5. The van der Waals surface area contributed by atoms with Gasteiger partial charge in [-0.3, -0.25) is 9.59 Å². The highest BCUT2D eigenvalue weighted by atomic mass is 79.9. The van der Waals surface area contributed by atoms with Crippen LogP contribution >= 0.6 is 15.9 Å². The summed E-state index contributed by atoms with van der Waals surface area (Å²) in [6, 6.07) is 7.37. The lowest BCUT2D eigenvalue weighted by Gasteiger charge is -2.44. The molecule has 2 rings (SSSR count). The van der Waals surface area contributed by atoms with Gasteiger partial charge >= 0.3 is 5.97 Å². The van der Waals surface area contributed by atoms with Crippen molar-refractivity contribution in [1.82, 2.24) is 0 Å². The second kappa shape index (κ2) is 5.37. The second-order valence-corrected chi connectivity index (χ2v) is 7.97. The van der Waals surface area contributed by atoms with Gasteiger partial charge in [-0.15, -0.1) is 0 Å². The van der Waals surface area contributed by atoms with Gasteiger partial charge in [0.15, 0.2) is 0 Å². The van der Waals surface area contributed by atoms with E-state index in [1.807, 2.05) is 45.0 Å². The standard InChI is InChI=1S/C17H22BrNO3/c1-15(2)16(3,9-10-17(15,4)14(21)22)13(20)19-12-7-5-11(18)6-8-12/h5-8H,9-10H2,1-4H3,(H,19,20)(H,21,22). The Kier molecular flexibility index (Phi) is 4.15. The first-order valence-corrected chi connectivity index (χ1v) is 8.14. The Balaban J connectivity index is 2.29. The number of rotatable bonds is 3. The number of benzene rings is 1. The maximum Gasteiger partial charge on any atom is 0.309 e. The van der Waals surface area contributed by atoms with Crippen LogP contribution in [0.4, 0.5) is 5.69 Å². The van der Waals surface area contributed by atoms with Crippen molar-refractivity contribution >= 4 is 33.5 Å². The lowest BCUT2D eigenvalue weighted by atomic mass is 9.59. The van der Waals surface area contributed by atoms with E-state index >= 15 is 0 Å². The molecule has 1 aromatic carbocycles. The minimum atomic E-state index is -0.904. The molecule has 0 aromatic heterocycles. The van der Waals surface area contributed by atoms with Crippen LogP contribution in [0.1, 0.15) is 40.5 Å². The number of hydrogen-bond donors (Lipinski definition) is 2. The Morgan fingerprint density at radius 2 is 1.55 bits per heavy atom. The molecule has 1 aliphatic carbocycles. The lowest BCUT2D eigenvalue weighted by Crippen LogP contribution is -2.49. The van der Waals surface area contributed by atoms with E-state index in [2.05, 4.69) is 21.2 Å². The van der Waals surface area contributed by atoms with Gasteiger partial charge < -0.3 is 10.4 Å². The summed E-state index contributed by atoms with van der Waals surface area (Å²) in [5.41, 5.74) is -1.56. The summed E-state index contributed by atoms with van der Waals surface area (Å²) in [5.74, 6) is -0.956. The number of aliphatic carboxylic acids is 1. The highest BCUT2D eigenvalue weighted by Crippen LogP contribution is 2.62. The Labute approximate surface area is 139 Å². The number of halogens is 1. The van der Waals surface area contributed by atoms with Crippen molar-refractivity contribution in [2.45, 2.75) is 40.5 Å². The zero-order valence-corrected chi connectivity index (χ0v) is 15.0. The van der Waals surface area contributed by atoms with Gasteiger partial charge in [-0.05, 0) is 49.4 Å². The normalized spacial score (nSPS) is 30.0. The first-order chi connectivity index (χ1) is 10.0. The molecule has 0 aliphatic heterocycles. The number of carboxylic acid groups (broad SMARTS) is 1. The predicted molar refractivity (Wildman–Crippen MR) is 89.6 cm³/mol. The van der Waals surface area contributed by atoms with E-state index in [0.29, 0.717) is 18.5 Å². The third kappa shape index (κ3) is 2.35. The fourth-order valence-electron chi connectivity index (χ4n) is 3.31. The van der Waals surface area contributed by atoms with Gasteiger partial charge in [0.2, 0.25) is 5.91 Å². The van der Waals surface area contributed by atoms with Crippen molar-refractivity contribution < 1.29 is 14.7 Å². The summed E-state index contributed by atoms with van der Waals surface area (Å²) in [6.07, 6.45) is 1.06. The quantitative estimate of drug-likeness (QED) is 0.836. The van der Waals surface area contributed by atoms with Crippen LogP contribution in [0.5, 0.6) is 0 Å². The van der Waals surface area contributed by atoms with Crippen LogP contribution in [-0.4, -0.2) is 17.0 Å². The van der Waals surface area contributed by atoms with Crippen LogP contribution in [0.15, 0.2) is 28.7 Å². The SMILES string of the molecule is CC1(C(=O)O)CCC(C)(C(=O)Nc2ccc(Br)cc2)C1(C)C. The van der Waals surface area contributed by atoms with Gasteiger partial charge in [-0.2, -0.15) is 0 Å². The number of amides is 1. The zero-order chi connectivity index (χ0) is 16.8. The van der Waals surface area contributed by atoms with E-state index in [0.717, 1.165) is 4.47 Å². The minimum absolute atomic E-state index is 0.121. The number of nitrogens with one attached hydrogen (secondary N) is 1. The molecule has 1 fully saturated rings. The third-order valence-electron chi connectivity index (χ3n) is 5.96. The molecule has 1 amide bonds. The molecule has 2 unspecified atom stereocenters. The number of hydrogen-bond acceptors (Lipinski definition) is 2.